The van der Waals surface area contributed by atoms with Crippen LogP contribution in [0.3, 0.4) is 0 Å². The summed E-state index contributed by atoms with van der Waals surface area (Å²) in [5.74, 6) is -2.42. The average molecular weight is 504 g/mol. The van der Waals surface area contributed by atoms with E-state index in [1.165, 1.54) is 30.2 Å². The zero-order valence-corrected chi connectivity index (χ0v) is 21.2. The lowest BCUT2D eigenvalue weighted by molar-refractivity contribution is -0.132. The summed E-state index contributed by atoms with van der Waals surface area (Å²) in [4.78, 5) is 39.8. The third-order valence-electron chi connectivity index (χ3n) is 6.20. The van der Waals surface area contributed by atoms with Gasteiger partial charge in [-0.25, -0.2) is 4.79 Å². The Morgan fingerprint density at radius 2 is 1.58 bits per heavy atom. The predicted molar refractivity (Wildman–Crippen MR) is 139 cm³/mol. The first-order valence-electron chi connectivity index (χ1n) is 11.4. The van der Waals surface area contributed by atoms with Crippen LogP contribution in [0, 0.1) is 0 Å². The van der Waals surface area contributed by atoms with Gasteiger partial charge in [0.05, 0.1) is 24.3 Å². The van der Waals surface area contributed by atoms with E-state index in [1.807, 2.05) is 24.3 Å². The number of carbonyl (C=O) groups is 3. The van der Waals surface area contributed by atoms with Gasteiger partial charge in [0, 0.05) is 16.3 Å². The van der Waals surface area contributed by atoms with Crippen LogP contribution < -0.4 is 4.90 Å². The molecule has 1 saturated heterocycles. The molecule has 0 saturated carbocycles. The van der Waals surface area contributed by atoms with Gasteiger partial charge in [0.15, 0.2) is 0 Å². The van der Waals surface area contributed by atoms with E-state index in [-0.39, 0.29) is 16.7 Å². The fourth-order valence-electron chi connectivity index (χ4n) is 4.25. The molecule has 7 heteroatoms. The fourth-order valence-corrected chi connectivity index (χ4v) is 4.44. The van der Waals surface area contributed by atoms with Crippen molar-refractivity contribution in [1.29, 1.82) is 0 Å². The molecule has 1 fully saturated rings. The van der Waals surface area contributed by atoms with E-state index in [0.717, 1.165) is 5.56 Å². The molecule has 1 unspecified atom stereocenters. The number of methoxy groups -OCH3 is 1. The second-order valence-corrected chi connectivity index (χ2v) is 10.0. The molecule has 3 aromatic rings. The number of ketones is 1. The molecule has 36 heavy (non-hydrogen) atoms. The van der Waals surface area contributed by atoms with Gasteiger partial charge in [-0.1, -0.05) is 68.8 Å². The van der Waals surface area contributed by atoms with Gasteiger partial charge >= 0.3 is 5.97 Å². The van der Waals surface area contributed by atoms with Gasteiger partial charge < -0.3 is 9.84 Å². The first-order valence-corrected chi connectivity index (χ1v) is 11.8. The van der Waals surface area contributed by atoms with Crippen LogP contribution in [0.15, 0.2) is 78.4 Å². The molecule has 3 aromatic carbocycles. The van der Waals surface area contributed by atoms with Crippen molar-refractivity contribution in [2.75, 3.05) is 12.0 Å². The number of halogens is 1. The lowest BCUT2D eigenvalue weighted by Gasteiger charge is -2.26. The molecule has 0 radical (unpaired) electrons. The molecule has 1 heterocycles. The van der Waals surface area contributed by atoms with Gasteiger partial charge in [-0.15, -0.1) is 0 Å². The first-order chi connectivity index (χ1) is 17.0. The summed E-state index contributed by atoms with van der Waals surface area (Å²) in [5, 5.41) is 11.6. The number of aliphatic hydroxyl groups excluding tert-OH is 1. The molecule has 1 N–H and O–H groups in total. The molecular formula is C29H26ClNO5. The van der Waals surface area contributed by atoms with Crippen LogP contribution >= 0.6 is 11.6 Å². The number of ether oxygens (including phenoxy) is 1. The summed E-state index contributed by atoms with van der Waals surface area (Å²) >= 11 is 6.12. The highest BCUT2D eigenvalue weighted by Gasteiger charge is 2.47. The molecular weight excluding hydrogens is 478 g/mol. The Hall–Kier alpha value is -3.90. The lowest BCUT2D eigenvalue weighted by atomic mass is 9.85. The third-order valence-corrected chi connectivity index (χ3v) is 6.44. The van der Waals surface area contributed by atoms with Gasteiger partial charge in [-0.2, -0.15) is 0 Å². The van der Waals surface area contributed by atoms with Gasteiger partial charge in [-0.3, -0.25) is 14.5 Å². The molecule has 1 aliphatic heterocycles. The number of benzene rings is 3. The largest absolute Gasteiger partial charge is 0.507 e. The molecule has 1 atom stereocenters. The van der Waals surface area contributed by atoms with Gasteiger partial charge in [0.25, 0.3) is 11.7 Å². The van der Waals surface area contributed by atoms with Crippen molar-refractivity contribution < 1.29 is 24.2 Å². The Balaban J connectivity index is 1.90. The summed E-state index contributed by atoms with van der Waals surface area (Å²) in [6, 6.07) is 19.4. The summed E-state index contributed by atoms with van der Waals surface area (Å²) in [6.45, 7) is 6.28. The number of hydrogen-bond donors (Lipinski definition) is 1. The Kier molecular flexibility index (Phi) is 6.74. The van der Waals surface area contributed by atoms with E-state index in [4.69, 9.17) is 16.3 Å². The second-order valence-electron chi connectivity index (χ2n) is 9.59. The standard InChI is InChI=1S/C29H26ClNO5/c1-29(2,3)20-12-8-17(9-13-20)24-23(25(32)19-6-5-7-21(30)16-19)26(33)27(34)31(24)22-14-10-18(11-15-22)28(35)36-4/h5-16,24,32H,1-4H3/b25-23+. The van der Waals surface area contributed by atoms with Crippen molar-refractivity contribution >= 4 is 40.7 Å². The van der Waals surface area contributed by atoms with Crippen LogP contribution in [0.2, 0.25) is 5.02 Å². The Labute approximate surface area is 214 Å². The first kappa shape index (κ1) is 25.2. The van der Waals surface area contributed by atoms with E-state index in [9.17, 15) is 19.5 Å². The highest BCUT2D eigenvalue weighted by atomic mass is 35.5. The summed E-state index contributed by atoms with van der Waals surface area (Å²) in [6.07, 6.45) is 0. The number of nitrogens with zero attached hydrogens (tertiary/aromatic N) is 1. The second kappa shape index (κ2) is 9.63. The molecule has 1 aliphatic rings. The molecule has 184 valence electrons. The van der Waals surface area contributed by atoms with Crippen molar-refractivity contribution in [3.63, 3.8) is 0 Å². The Morgan fingerprint density at radius 3 is 2.14 bits per heavy atom. The van der Waals surface area contributed by atoms with Crippen LogP contribution in [0.1, 0.15) is 53.9 Å². The summed E-state index contributed by atoms with van der Waals surface area (Å²) < 4.78 is 4.75. The quantitative estimate of drug-likeness (QED) is 0.203. The highest BCUT2D eigenvalue weighted by Crippen LogP contribution is 2.42. The molecule has 0 bridgehead atoms. The van der Waals surface area contributed by atoms with E-state index < -0.39 is 23.7 Å². The summed E-state index contributed by atoms with van der Waals surface area (Å²) in [7, 11) is 1.28. The number of rotatable bonds is 4. The number of anilines is 1. The van der Waals surface area contributed by atoms with Crippen molar-refractivity contribution in [2.45, 2.75) is 32.2 Å². The molecule has 4 rings (SSSR count). The number of carbonyl (C=O) groups excluding carboxylic acids is 3. The average Bonchev–Trinajstić information content (AvgIpc) is 3.13. The van der Waals surface area contributed by atoms with Crippen molar-refractivity contribution in [3.05, 3.63) is 106 Å². The lowest BCUT2D eigenvalue weighted by Crippen LogP contribution is -2.29. The van der Waals surface area contributed by atoms with Gasteiger partial charge in [0.1, 0.15) is 5.76 Å². The van der Waals surface area contributed by atoms with Crippen LogP contribution in [0.25, 0.3) is 5.76 Å². The maximum absolute atomic E-state index is 13.3. The number of esters is 1. The normalized spacial score (nSPS) is 17.4. The number of hydrogen-bond acceptors (Lipinski definition) is 5. The van der Waals surface area contributed by atoms with Crippen molar-refractivity contribution in [1.82, 2.24) is 0 Å². The van der Waals surface area contributed by atoms with Crippen LogP contribution in [-0.4, -0.2) is 29.9 Å². The molecule has 1 amide bonds. The maximum atomic E-state index is 13.3. The highest BCUT2D eigenvalue weighted by molar-refractivity contribution is 6.51. The molecule has 0 spiro atoms. The number of Topliss-reactive ketones (excluding diaryl/α,β-unsaturated/α-hetero) is 1. The Bertz CT molecular complexity index is 1370. The monoisotopic (exact) mass is 503 g/mol. The Morgan fingerprint density at radius 1 is 0.944 bits per heavy atom. The van der Waals surface area contributed by atoms with Crippen molar-refractivity contribution in [2.24, 2.45) is 0 Å². The van der Waals surface area contributed by atoms with E-state index in [1.54, 1.807) is 30.3 Å². The van der Waals surface area contributed by atoms with E-state index >= 15 is 0 Å². The van der Waals surface area contributed by atoms with Crippen LogP contribution in [0.4, 0.5) is 5.69 Å². The zero-order valence-electron chi connectivity index (χ0n) is 20.4. The van der Waals surface area contributed by atoms with Gasteiger partial charge in [-0.05, 0) is 52.9 Å². The number of aliphatic hydroxyl groups is 1. The fraction of sp³-hybridized carbons (Fsp3) is 0.207. The minimum atomic E-state index is -0.887. The number of amides is 1. The SMILES string of the molecule is COC(=O)c1ccc(N2C(=O)C(=O)/C(=C(/O)c3cccc(Cl)c3)C2c2ccc(C(C)(C)C)cc2)cc1. The molecule has 6 nitrogen and oxygen atoms in total. The van der Waals surface area contributed by atoms with Crippen molar-refractivity contribution in [3.8, 4) is 0 Å². The summed E-state index contributed by atoms with van der Waals surface area (Å²) in [5.41, 5.74) is 2.65. The molecule has 0 aromatic heterocycles. The molecule has 0 aliphatic carbocycles. The smallest absolute Gasteiger partial charge is 0.337 e. The topological polar surface area (TPSA) is 83.9 Å². The third kappa shape index (κ3) is 4.64. The van der Waals surface area contributed by atoms with Crippen LogP contribution in [0.5, 0.6) is 0 Å². The van der Waals surface area contributed by atoms with Gasteiger partial charge in [0.2, 0.25) is 0 Å². The van der Waals surface area contributed by atoms with E-state index in [2.05, 4.69) is 20.8 Å². The van der Waals surface area contributed by atoms with E-state index in [0.29, 0.717) is 27.4 Å². The predicted octanol–water partition coefficient (Wildman–Crippen LogP) is 6.05. The minimum Gasteiger partial charge on any atom is -0.507 e. The minimum absolute atomic E-state index is 0.0391. The maximum Gasteiger partial charge on any atom is 0.337 e. The van der Waals surface area contributed by atoms with Crippen LogP contribution in [-0.2, 0) is 19.7 Å². The zero-order chi connectivity index (χ0) is 26.2.